The minimum Gasteiger partial charge on any atom is -0.362 e. The zero-order valence-electron chi connectivity index (χ0n) is 10.8. The van der Waals surface area contributed by atoms with Crippen molar-refractivity contribution in [3.05, 3.63) is 35.9 Å². The third-order valence-corrected chi connectivity index (χ3v) is 5.02. The lowest BCUT2D eigenvalue weighted by molar-refractivity contribution is 0.572. The molecule has 0 amide bonds. The summed E-state index contributed by atoms with van der Waals surface area (Å²) in [6, 6.07) is 11.4. The number of hydrogen-bond acceptors (Lipinski definition) is 3. The molecule has 1 aliphatic heterocycles. The molecule has 1 aliphatic carbocycles. The van der Waals surface area contributed by atoms with Crippen molar-refractivity contribution < 1.29 is 0 Å². The third-order valence-electron chi connectivity index (χ3n) is 3.85. The zero-order chi connectivity index (χ0) is 12.4. The van der Waals surface area contributed by atoms with Gasteiger partial charge in [-0.2, -0.15) is 0 Å². The summed E-state index contributed by atoms with van der Waals surface area (Å²) in [5.74, 6) is 0.874. The van der Waals surface area contributed by atoms with E-state index in [2.05, 4.69) is 47.6 Å². The third kappa shape index (κ3) is 2.72. The van der Waals surface area contributed by atoms with E-state index in [1.165, 1.54) is 24.8 Å². The molecule has 3 rings (SSSR count). The van der Waals surface area contributed by atoms with Crippen LogP contribution >= 0.6 is 11.8 Å². The van der Waals surface area contributed by atoms with Crippen LogP contribution in [-0.4, -0.2) is 17.8 Å². The first-order valence-electron chi connectivity index (χ1n) is 6.84. The first-order chi connectivity index (χ1) is 8.81. The van der Waals surface area contributed by atoms with Crippen molar-refractivity contribution in [1.82, 2.24) is 5.32 Å². The van der Waals surface area contributed by atoms with Crippen LogP contribution in [0.5, 0.6) is 0 Å². The summed E-state index contributed by atoms with van der Waals surface area (Å²) in [6.45, 7) is 3.26. The lowest BCUT2D eigenvalue weighted by Crippen LogP contribution is -2.30. The van der Waals surface area contributed by atoms with Gasteiger partial charge in [0, 0.05) is 6.04 Å². The predicted octanol–water partition coefficient (Wildman–Crippen LogP) is 3.61. The summed E-state index contributed by atoms with van der Waals surface area (Å²) in [7, 11) is 0. The molecule has 1 aromatic rings. The van der Waals surface area contributed by atoms with E-state index >= 15 is 0 Å². The van der Waals surface area contributed by atoms with Crippen molar-refractivity contribution >= 4 is 16.9 Å². The van der Waals surface area contributed by atoms with Crippen LogP contribution < -0.4 is 5.32 Å². The molecular weight excluding hydrogens is 240 g/mol. The minimum atomic E-state index is 0.507. The van der Waals surface area contributed by atoms with Crippen molar-refractivity contribution in [3.8, 4) is 0 Å². The molecule has 3 atom stereocenters. The summed E-state index contributed by atoms with van der Waals surface area (Å²) in [4.78, 5) is 4.65. The van der Waals surface area contributed by atoms with E-state index in [1.807, 2.05) is 11.8 Å². The van der Waals surface area contributed by atoms with Crippen LogP contribution in [0.2, 0.25) is 0 Å². The molecule has 3 unspecified atom stereocenters. The highest BCUT2D eigenvalue weighted by Gasteiger charge is 2.26. The van der Waals surface area contributed by atoms with Gasteiger partial charge in [0.2, 0.25) is 0 Å². The number of benzene rings is 1. The Morgan fingerprint density at radius 3 is 2.78 bits per heavy atom. The number of rotatable bonds is 2. The summed E-state index contributed by atoms with van der Waals surface area (Å²) in [6.07, 6.45) is 3.96. The van der Waals surface area contributed by atoms with E-state index in [0.29, 0.717) is 11.3 Å². The summed E-state index contributed by atoms with van der Waals surface area (Å²) in [5, 5.41) is 5.28. The first-order valence-corrected chi connectivity index (χ1v) is 7.72. The zero-order valence-corrected chi connectivity index (χ0v) is 11.6. The van der Waals surface area contributed by atoms with Crippen LogP contribution in [0.25, 0.3) is 0 Å². The van der Waals surface area contributed by atoms with Crippen molar-refractivity contribution in [2.24, 2.45) is 10.9 Å². The van der Waals surface area contributed by atoms with Crippen LogP contribution in [0, 0.1) is 5.92 Å². The fraction of sp³-hybridized carbons (Fsp3) is 0.533. The van der Waals surface area contributed by atoms with Gasteiger partial charge in [0.1, 0.15) is 0 Å². The fourth-order valence-electron chi connectivity index (χ4n) is 2.81. The lowest BCUT2D eigenvalue weighted by Gasteiger charge is -2.14. The average Bonchev–Trinajstić information content (AvgIpc) is 3.01. The largest absolute Gasteiger partial charge is 0.362 e. The molecule has 18 heavy (non-hydrogen) atoms. The Kier molecular flexibility index (Phi) is 3.59. The number of hydrogen-bond donors (Lipinski definition) is 1. The second-order valence-corrected chi connectivity index (χ2v) is 6.61. The summed E-state index contributed by atoms with van der Waals surface area (Å²) in [5.41, 5.74) is 1.39. The van der Waals surface area contributed by atoms with Crippen LogP contribution in [0.3, 0.4) is 0 Å². The Labute approximate surface area is 113 Å². The molecule has 1 fully saturated rings. The molecule has 2 aliphatic rings. The number of aliphatic imine (C=N–C) groups is 1. The van der Waals surface area contributed by atoms with Gasteiger partial charge in [-0.15, -0.1) is 0 Å². The quantitative estimate of drug-likeness (QED) is 0.878. The molecule has 1 heterocycles. The highest BCUT2D eigenvalue weighted by atomic mass is 32.2. The second kappa shape index (κ2) is 5.35. The maximum absolute atomic E-state index is 4.65. The monoisotopic (exact) mass is 260 g/mol. The molecule has 96 valence electrons. The number of nitrogens with zero attached hydrogens (tertiary/aromatic N) is 1. The highest BCUT2D eigenvalue weighted by Crippen LogP contribution is 2.35. The predicted molar refractivity (Wildman–Crippen MR) is 79.0 cm³/mol. The van der Waals surface area contributed by atoms with E-state index in [1.54, 1.807) is 0 Å². The van der Waals surface area contributed by atoms with Crippen molar-refractivity contribution in [1.29, 1.82) is 0 Å². The van der Waals surface area contributed by atoms with Crippen LogP contribution in [0.15, 0.2) is 35.3 Å². The van der Waals surface area contributed by atoms with E-state index in [0.717, 1.165) is 17.6 Å². The van der Waals surface area contributed by atoms with Crippen molar-refractivity contribution in [3.63, 3.8) is 0 Å². The van der Waals surface area contributed by atoms with E-state index in [-0.39, 0.29) is 0 Å². The Morgan fingerprint density at radius 1 is 1.22 bits per heavy atom. The van der Waals surface area contributed by atoms with Gasteiger partial charge in [-0.3, -0.25) is 4.99 Å². The van der Waals surface area contributed by atoms with Crippen molar-refractivity contribution in [2.75, 3.05) is 6.54 Å². The molecule has 1 aromatic carbocycles. The lowest BCUT2D eigenvalue weighted by atomic mass is 10.1. The average molecular weight is 260 g/mol. The van der Waals surface area contributed by atoms with E-state index in [4.69, 9.17) is 0 Å². The number of amidine groups is 1. The minimum absolute atomic E-state index is 0.507. The Morgan fingerprint density at radius 2 is 2.06 bits per heavy atom. The molecule has 2 nitrogen and oxygen atoms in total. The molecule has 0 saturated heterocycles. The Balaban J connectivity index is 1.55. The summed E-state index contributed by atoms with van der Waals surface area (Å²) >= 11 is 1.89. The molecule has 3 heteroatoms. The molecule has 1 saturated carbocycles. The fourth-order valence-corrected chi connectivity index (χ4v) is 3.90. The number of nitrogens with one attached hydrogen (secondary N) is 1. The van der Waals surface area contributed by atoms with Gasteiger partial charge in [-0.05, 0) is 30.7 Å². The van der Waals surface area contributed by atoms with Gasteiger partial charge in [-0.1, -0.05) is 49.0 Å². The molecule has 0 bridgehead atoms. The Bertz CT molecular complexity index is 429. The second-order valence-electron chi connectivity index (χ2n) is 5.42. The first kappa shape index (κ1) is 12.1. The topological polar surface area (TPSA) is 24.4 Å². The Hall–Kier alpha value is -0.960. The van der Waals surface area contributed by atoms with Crippen LogP contribution in [0.1, 0.15) is 37.0 Å². The molecule has 1 N–H and O–H groups in total. The SMILES string of the molecule is CC1CCC(NC2=NCC(c3ccccc3)S2)C1. The maximum Gasteiger partial charge on any atom is 0.157 e. The van der Waals surface area contributed by atoms with Gasteiger partial charge in [-0.25, -0.2) is 0 Å². The summed E-state index contributed by atoms with van der Waals surface area (Å²) < 4.78 is 0. The molecule has 0 spiro atoms. The van der Waals surface area contributed by atoms with Crippen LogP contribution in [0.4, 0.5) is 0 Å². The molecule has 0 aromatic heterocycles. The van der Waals surface area contributed by atoms with Crippen molar-refractivity contribution in [2.45, 2.75) is 37.5 Å². The maximum atomic E-state index is 4.65. The highest BCUT2D eigenvalue weighted by molar-refractivity contribution is 8.14. The smallest absolute Gasteiger partial charge is 0.157 e. The van der Waals surface area contributed by atoms with Gasteiger partial charge < -0.3 is 5.32 Å². The van der Waals surface area contributed by atoms with E-state index < -0.39 is 0 Å². The van der Waals surface area contributed by atoms with Gasteiger partial charge in [0.25, 0.3) is 0 Å². The van der Waals surface area contributed by atoms with Crippen LogP contribution in [-0.2, 0) is 0 Å². The standard InChI is InChI=1S/C15H20N2S/c1-11-7-8-13(9-11)17-15-16-10-14(18-15)12-5-3-2-4-6-12/h2-6,11,13-14H,7-10H2,1H3,(H,16,17). The molecule has 0 radical (unpaired) electrons. The molecular formula is C15H20N2S. The van der Waals surface area contributed by atoms with Gasteiger partial charge in [0.15, 0.2) is 5.17 Å². The van der Waals surface area contributed by atoms with Gasteiger partial charge in [0.05, 0.1) is 11.8 Å². The number of thioether (sulfide) groups is 1. The van der Waals surface area contributed by atoms with E-state index in [9.17, 15) is 0 Å². The van der Waals surface area contributed by atoms with Gasteiger partial charge >= 0.3 is 0 Å². The normalized spacial score (nSPS) is 31.4.